The number of rotatable bonds is 3. The van der Waals surface area contributed by atoms with Crippen LogP contribution in [0.4, 0.5) is 10.5 Å². The number of urea groups is 1. The topological polar surface area (TPSA) is 62.6 Å². The van der Waals surface area contributed by atoms with E-state index in [9.17, 15) is 4.79 Å². The lowest BCUT2D eigenvalue weighted by Crippen LogP contribution is -2.53. The number of likely N-dealkylation sites (N-methyl/N-ethyl adjacent to an activating group) is 1. The van der Waals surface area contributed by atoms with E-state index in [4.69, 9.17) is 5.26 Å². The average molecular weight is 341 g/mol. The maximum atomic E-state index is 12.4. The molecule has 0 radical (unpaired) electrons. The molecule has 3 rings (SSSR count). The van der Waals surface area contributed by atoms with Gasteiger partial charge in [0.05, 0.1) is 11.6 Å². The van der Waals surface area contributed by atoms with Crippen LogP contribution >= 0.6 is 0 Å². The zero-order valence-electron chi connectivity index (χ0n) is 14.9. The Balaban J connectivity index is 1.44. The number of amides is 2. The zero-order chi connectivity index (χ0) is 17.6. The normalized spacial score (nSPS) is 22.4. The molecule has 2 aliphatic heterocycles. The lowest BCUT2D eigenvalue weighted by molar-refractivity contribution is 0.0956. The first-order valence-electron chi connectivity index (χ1n) is 9.14. The second-order valence-corrected chi connectivity index (χ2v) is 7.04. The Bertz CT molecular complexity index is 616. The standard InChI is InChI=1S/C19H27N5O/c1-22-9-3-2-4-18(22)15-23-10-12-24(13-11-23)19(25)21-17-7-5-16(14-20)6-8-17/h5-8,18H,2-4,9-13,15H2,1H3,(H,21,25). The van der Waals surface area contributed by atoms with Crippen molar-refractivity contribution in [3.05, 3.63) is 29.8 Å². The van der Waals surface area contributed by atoms with Crippen molar-refractivity contribution in [2.45, 2.75) is 25.3 Å². The van der Waals surface area contributed by atoms with Gasteiger partial charge in [0.2, 0.25) is 0 Å². The highest BCUT2D eigenvalue weighted by Gasteiger charge is 2.25. The third-order valence-corrected chi connectivity index (χ3v) is 5.32. The van der Waals surface area contributed by atoms with Gasteiger partial charge in [-0.15, -0.1) is 0 Å². The largest absolute Gasteiger partial charge is 0.322 e. The van der Waals surface area contributed by atoms with Crippen LogP contribution in [0.15, 0.2) is 24.3 Å². The first kappa shape index (κ1) is 17.7. The molecule has 0 saturated carbocycles. The molecule has 1 N–H and O–H groups in total. The fourth-order valence-corrected chi connectivity index (χ4v) is 3.64. The van der Waals surface area contributed by atoms with Crippen molar-refractivity contribution in [2.75, 3.05) is 51.6 Å². The number of piperidine rings is 1. The molecule has 1 aromatic carbocycles. The summed E-state index contributed by atoms with van der Waals surface area (Å²) in [6, 6.07) is 9.66. The summed E-state index contributed by atoms with van der Waals surface area (Å²) in [6.07, 6.45) is 3.94. The smallest absolute Gasteiger partial charge is 0.321 e. The molecule has 134 valence electrons. The number of nitrogens with zero attached hydrogens (tertiary/aromatic N) is 4. The van der Waals surface area contributed by atoms with Crippen LogP contribution in [-0.4, -0.2) is 73.1 Å². The van der Waals surface area contributed by atoms with Crippen molar-refractivity contribution in [1.82, 2.24) is 14.7 Å². The predicted octanol–water partition coefficient (Wildman–Crippen LogP) is 2.19. The molecule has 1 aromatic rings. The molecule has 0 aliphatic carbocycles. The number of hydrogen-bond donors (Lipinski definition) is 1. The van der Waals surface area contributed by atoms with Gasteiger partial charge in [-0.1, -0.05) is 6.42 Å². The van der Waals surface area contributed by atoms with Crippen molar-refractivity contribution < 1.29 is 4.79 Å². The highest BCUT2D eigenvalue weighted by molar-refractivity contribution is 5.89. The number of hydrogen-bond acceptors (Lipinski definition) is 4. The number of benzene rings is 1. The summed E-state index contributed by atoms with van der Waals surface area (Å²) in [7, 11) is 2.23. The van der Waals surface area contributed by atoms with Gasteiger partial charge < -0.3 is 15.1 Å². The van der Waals surface area contributed by atoms with E-state index in [0.29, 0.717) is 11.6 Å². The molecular formula is C19H27N5O. The average Bonchev–Trinajstić information content (AvgIpc) is 2.65. The Morgan fingerprint density at radius 3 is 2.52 bits per heavy atom. The quantitative estimate of drug-likeness (QED) is 0.915. The molecular weight excluding hydrogens is 314 g/mol. The highest BCUT2D eigenvalue weighted by Crippen LogP contribution is 2.17. The van der Waals surface area contributed by atoms with E-state index in [1.165, 1.54) is 25.8 Å². The van der Waals surface area contributed by atoms with E-state index in [-0.39, 0.29) is 6.03 Å². The van der Waals surface area contributed by atoms with E-state index in [2.05, 4.69) is 28.2 Å². The third-order valence-electron chi connectivity index (χ3n) is 5.32. The molecule has 25 heavy (non-hydrogen) atoms. The van der Waals surface area contributed by atoms with Crippen LogP contribution in [0.5, 0.6) is 0 Å². The lowest BCUT2D eigenvalue weighted by Gasteiger charge is -2.40. The fourth-order valence-electron chi connectivity index (χ4n) is 3.64. The molecule has 2 heterocycles. The summed E-state index contributed by atoms with van der Waals surface area (Å²) in [4.78, 5) is 19.2. The van der Waals surface area contributed by atoms with E-state index >= 15 is 0 Å². The van der Waals surface area contributed by atoms with Crippen LogP contribution in [0.3, 0.4) is 0 Å². The molecule has 6 heteroatoms. The summed E-state index contributed by atoms with van der Waals surface area (Å²) in [5.41, 5.74) is 1.33. The second-order valence-electron chi connectivity index (χ2n) is 7.04. The van der Waals surface area contributed by atoms with Gasteiger partial charge in [0, 0.05) is 44.5 Å². The first-order chi connectivity index (χ1) is 12.2. The van der Waals surface area contributed by atoms with Crippen molar-refractivity contribution in [3.8, 4) is 6.07 Å². The van der Waals surface area contributed by atoms with Gasteiger partial charge in [0.25, 0.3) is 0 Å². The molecule has 1 atom stereocenters. The summed E-state index contributed by atoms with van der Waals surface area (Å²) in [5, 5.41) is 11.7. The van der Waals surface area contributed by atoms with Gasteiger partial charge in [-0.2, -0.15) is 5.26 Å². The lowest BCUT2D eigenvalue weighted by atomic mass is 10.0. The second kappa shape index (κ2) is 8.32. The zero-order valence-corrected chi connectivity index (χ0v) is 14.9. The molecule has 2 saturated heterocycles. The van der Waals surface area contributed by atoms with E-state index in [0.717, 1.165) is 38.4 Å². The van der Waals surface area contributed by atoms with Crippen molar-refractivity contribution in [3.63, 3.8) is 0 Å². The van der Waals surface area contributed by atoms with Gasteiger partial charge in [-0.05, 0) is 50.7 Å². The predicted molar refractivity (Wildman–Crippen MR) is 98.5 cm³/mol. The number of carbonyl (C=O) groups excluding carboxylic acids is 1. The molecule has 1 unspecified atom stereocenters. The van der Waals surface area contributed by atoms with E-state index in [1.807, 2.05) is 4.90 Å². The van der Waals surface area contributed by atoms with E-state index in [1.54, 1.807) is 24.3 Å². The number of nitriles is 1. The first-order valence-corrected chi connectivity index (χ1v) is 9.14. The Morgan fingerprint density at radius 2 is 1.88 bits per heavy atom. The van der Waals surface area contributed by atoms with Crippen LogP contribution in [0.25, 0.3) is 0 Å². The van der Waals surface area contributed by atoms with Gasteiger partial charge in [0.15, 0.2) is 0 Å². The molecule has 0 aromatic heterocycles. The minimum Gasteiger partial charge on any atom is -0.322 e. The van der Waals surface area contributed by atoms with Gasteiger partial charge in [-0.3, -0.25) is 4.90 Å². The van der Waals surface area contributed by atoms with Crippen LogP contribution < -0.4 is 5.32 Å². The summed E-state index contributed by atoms with van der Waals surface area (Å²) >= 11 is 0. The number of nitrogens with one attached hydrogen (secondary N) is 1. The SMILES string of the molecule is CN1CCCCC1CN1CCN(C(=O)Nc2ccc(C#N)cc2)CC1. The number of likely N-dealkylation sites (tertiary alicyclic amines) is 1. The number of piperazine rings is 1. The van der Waals surface area contributed by atoms with Crippen molar-refractivity contribution in [2.24, 2.45) is 0 Å². The van der Waals surface area contributed by atoms with Gasteiger partial charge in [-0.25, -0.2) is 4.79 Å². The minimum atomic E-state index is -0.0563. The molecule has 6 nitrogen and oxygen atoms in total. The van der Waals surface area contributed by atoms with Crippen molar-refractivity contribution in [1.29, 1.82) is 5.26 Å². The third kappa shape index (κ3) is 4.71. The fraction of sp³-hybridized carbons (Fsp3) is 0.579. The van der Waals surface area contributed by atoms with Crippen LogP contribution in [-0.2, 0) is 0 Å². The Morgan fingerprint density at radius 1 is 1.16 bits per heavy atom. The minimum absolute atomic E-state index is 0.0563. The molecule has 2 amide bonds. The van der Waals surface area contributed by atoms with E-state index < -0.39 is 0 Å². The molecule has 0 bridgehead atoms. The van der Waals surface area contributed by atoms with Crippen LogP contribution in [0.2, 0.25) is 0 Å². The molecule has 0 spiro atoms. The van der Waals surface area contributed by atoms with Crippen LogP contribution in [0.1, 0.15) is 24.8 Å². The number of carbonyl (C=O) groups is 1. The van der Waals surface area contributed by atoms with Crippen molar-refractivity contribution >= 4 is 11.7 Å². The maximum Gasteiger partial charge on any atom is 0.321 e. The Kier molecular flexibility index (Phi) is 5.90. The summed E-state index contributed by atoms with van der Waals surface area (Å²) in [6.45, 7) is 5.71. The number of anilines is 1. The summed E-state index contributed by atoms with van der Waals surface area (Å²) in [5.74, 6) is 0. The van der Waals surface area contributed by atoms with Gasteiger partial charge >= 0.3 is 6.03 Å². The summed E-state index contributed by atoms with van der Waals surface area (Å²) < 4.78 is 0. The molecule has 2 aliphatic rings. The monoisotopic (exact) mass is 341 g/mol. The highest BCUT2D eigenvalue weighted by atomic mass is 16.2. The maximum absolute atomic E-state index is 12.4. The van der Waals surface area contributed by atoms with Gasteiger partial charge in [0.1, 0.15) is 0 Å². The molecule has 2 fully saturated rings. The Hall–Kier alpha value is -2.10. The Labute approximate surface area is 150 Å². The van der Waals surface area contributed by atoms with Crippen LogP contribution in [0, 0.1) is 11.3 Å².